The highest BCUT2D eigenvalue weighted by atomic mass is 127. The van der Waals surface area contributed by atoms with E-state index in [0.29, 0.717) is 18.1 Å². The number of benzene rings is 1. The van der Waals surface area contributed by atoms with Crippen molar-refractivity contribution in [1.29, 1.82) is 0 Å². The molecule has 1 aromatic rings. The first-order valence-electron chi connectivity index (χ1n) is 9.45. The predicted molar refractivity (Wildman–Crippen MR) is 127 cm³/mol. The molecule has 1 aliphatic rings. The number of aliphatic imine (C=N–C) groups is 1. The molecule has 164 valence electrons. The van der Waals surface area contributed by atoms with Gasteiger partial charge in [0.25, 0.3) is 0 Å². The molecule has 0 bridgehead atoms. The summed E-state index contributed by atoms with van der Waals surface area (Å²) in [6, 6.07) is 7.66. The van der Waals surface area contributed by atoms with E-state index in [-0.39, 0.29) is 42.2 Å². The van der Waals surface area contributed by atoms with Gasteiger partial charge < -0.3 is 25.0 Å². The molecule has 0 radical (unpaired) electrons. The van der Waals surface area contributed by atoms with Crippen molar-refractivity contribution in [2.75, 3.05) is 33.8 Å². The SMILES string of the molecule is CN=C(NCC(OC)c1cccc(Cl)c1)N1CCC(NC(=O)OC(C)(C)C)C1.I. The highest BCUT2D eigenvalue weighted by Crippen LogP contribution is 2.20. The van der Waals surface area contributed by atoms with Crippen LogP contribution < -0.4 is 10.6 Å². The van der Waals surface area contributed by atoms with Crippen LogP contribution in [-0.4, -0.2) is 62.4 Å². The van der Waals surface area contributed by atoms with Crippen LogP contribution in [-0.2, 0) is 9.47 Å². The fourth-order valence-electron chi connectivity index (χ4n) is 3.11. The summed E-state index contributed by atoms with van der Waals surface area (Å²) in [5, 5.41) is 6.96. The Labute approximate surface area is 195 Å². The fourth-order valence-corrected chi connectivity index (χ4v) is 3.30. The maximum absolute atomic E-state index is 12.0. The molecule has 2 atom stereocenters. The lowest BCUT2D eigenvalue weighted by Gasteiger charge is -2.25. The molecule has 1 aromatic carbocycles. The molecular weight excluding hydrogens is 507 g/mol. The molecule has 7 nitrogen and oxygen atoms in total. The standard InChI is InChI=1S/C20H31ClN4O3.HI/c1-20(2,3)28-19(26)24-16-9-10-25(13-16)18(22-4)23-12-17(27-5)14-7-6-8-15(21)11-14;/h6-8,11,16-17H,9-10,12-13H2,1-5H3,(H,22,23)(H,24,26);1H. The molecule has 2 N–H and O–H groups in total. The molecule has 0 saturated carbocycles. The first-order chi connectivity index (χ1) is 13.2. The number of hydrogen-bond acceptors (Lipinski definition) is 4. The van der Waals surface area contributed by atoms with Crippen molar-refractivity contribution < 1.29 is 14.3 Å². The van der Waals surface area contributed by atoms with Crippen LogP contribution in [0.4, 0.5) is 4.79 Å². The number of nitrogens with one attached hydrogen (secondary N) is 2. The molecule has 1 heterocycles. The molecule has 0 spiro atoms. The summed E-state index contributed by atoms with van der Waals surface area (Å²) in [7, 11) is 3.42. The molecule has 1 amide bonds. The third-order valence-electron chi connectivity index (χ3n) is 4.37. The number of likely N-dealkylation sites (tertiary alicyclic amines) is 1. The topological polar surface area (TPSA) is 75.2 Å². The van der Waals surface area contributed by atoms with Gasteiger partial charge in [0.05, 0.1) is 12.1 Å². The number of hydrogen-bond donors (Lipinski definition) is 2. The van der Waals surface area contributed by atoms with E-state index in [2.05, 4.69) is 20.5 Å². The molecule has 9 heteroatoms. The minimum atomic E-state index is -0.504. The molecule has 2 unspecified atom stereocenters. The lowest BCUT2D eigenvalue weighted by Crippen LogP contribution is -2.45. The normalized spacial score (nSPS) is 18.1. The zero-order chi connectivity index (χ0) is 20.7. The highest BCUT2D eigenvalue weighted by Gasteiger charge is 2.28. The van der Waals surface area contributed by atoms with Crippen LogP contribution >= 0.6 is 35.6 Å². The van der Waals surface area contributed by atoms with Crippen molar-refractivity contribution >= 4 is 47.6 Å². The van der Waals surface area contributed by atoms with E-state index in [4.69, 9.17) is 21.1 Å². The van der Waals surface area contributed by atoms with E-state index in [9.17, 15) is 4.79 Å². The molecule has 1 aliphatic heterocycles. The average molecular weight is 539 g/mol. The van der Waals surface area contributed by atoms with Crippen LogP contribution in [0.25, 0.3) is 0 Å². The Kier molecular flexibility index (Phi) is 10.5. The van der Waals surface area contributed by atoms with Gasteiger partial charge in [0, 0.05) is 38.8 Å². The number of carbonyl (C=O) groups excluding carboxylic acids is 1. The third-order valence-corrected chi connectivity index (χ3v) is 4.61. The van der Waals surface area contributed by atoms with Crippen molar-refractivity contribution in [2.45, 2.75) is 44.9 Å². The first-order valence-corrected chi connectivity index (χ1v) is 9.83. The smallest absolute Gasteiger partial charge is 0.407 e. The van der Waals surface area contributed by atoms with Gasteiger partial charge in [-0.15, -0.1) is 24.0 Å². The Morgan fingerprint density at radius 3 is 2.72 bits per heavy atom. The number of methoxy groups -OCH3 is 1. The molecule has 0 aliphatic carbocycles. The van der Waals surface area contributed by atoms with Crippen molar-refractivity contribution in [3.8, 4) is 0 Å². The predicted octanol–water partition coefficient (Wildman–Crippen LogP) is 3.82. The second kappa shape index (κ2) is 11.8. The summed E-state index contributed by atoms with van der Waals surface area (Å²) in [5.74, 6) is 0.776. The average Bonchev–Trinajstić information content (AvgIpc) is 3.05. The maximum Gasteiger partial charge on any atom is 0.407 e. The van der Waals surface area contributed by atoms with E-state index >= 15 is 0 Å². The second-order valence-electron chi connectivity index (χ2n) is 7.79. The van der Waals surface area contributed by atoms with E-state index < -0.39 is 5.60 Å². The van der Waals surface area contributed by atoms with Crippen molar-refractivity contribution in [2.24, 2.45) is 4.99 Å². The number of guanidine groups is 1. The van der Waals surface area contributed by atoms with Gasteiger partial charge >= 0.3 is 6.09 Å². The number of halogens is 2. The number of rotatable bonds is 5. The summed E-state index contributed by atoms with van der Waals surface area (Å²) < 4.78 is 10.9. The summed E-state index contributed by atoms with van der Waals surface area (Å²) >= 11 is 6.08. The number of amides is 1. The van der Waals surface area contributed by atoms with Crippen molar-refractivity contribution in [3.05, 3.63) is 34.9 Å². The van der Waals surface area contributed by atoms with Gasteiger partial charge in [0.15, 0.2) is 5.96 Å². The lowest BCUT2D eigenvalue weighted by molar-refractivity contribution is 0.0507. The van der Waals surface area contributed by atoms with Crippen LogP contribution in [0.3, 0.4) is 0 Å². The van der Waals surface area contributed by atoms with Gasteiger partial charge in [0.1, 0.15) is 5.60 Å². The molecule has 29 heavy (non-hydrogen) atoms. The van der Waals surface area contributed by atoms with Gasteiger partial charge in [-0.1, -0.05) is 23.7 Å². The number of ether oxygens (including phenoxy) is 2. The zero-order valence-electron chi connectivity index (χ0n) is 17.7. The van der Waals surface area contributed by atoms with Crippen LogP contribution in [0, 0.1) is 0 Å². The summed E-state index contributed by atoms with van der Waals surface area (Å²) in [5.41, 5.74) is 0.499. The summed E-state index contributed by atoms with van der Waals surface area (Å²) in [4.78, 5) is 18.5. The molecule has 0 aromatic heterocycles. The van der Waals surface area contributed by atoms with E-state index in [1.54, 1.807) is 14.2 Å². The van der Waals surface area contributed by atoms with Gasteiger partial charge in [-0.25, -0.2) is 4.79 Å². The van der Waals surface area contributed by atoms with Crippen molar-refractivity contribution in [3.63, 3.8) is 0 Å². The quantitative estimate of drug-likeness (QED) is 0.339. The maximum atomic E-state index is 12.0. The molecular formula is C20H32ClIN4O3. The number of alkyl carbamates (subject to hydrolysis) is 1. The Morgan fingerprint density at radius 2 is 2.14 bits per heavy atom. The van der Waals surface area contributed by atoms with Gasteiger partial charge in [-0.2, -0.15) is 0 Å². The molecule has 1 fully saturated rings. The van der Waals surface area contributed by atoms with Gasteiger partial charge in [-0.3, -0.25) is 4.99 Å². The lowest BCUT2D eigenvalue weighted by atomic mass is 10.1. The largest absolute Gasteiger partial charge is 0.444 e. The second-order valence-corrected chi connectivity index (χ2v) is 8.22. The minimum Gasteiger partial charge on any atom is -0.444 e. The van der Waals surface area contributed by atoms with Crippen LogP contribution in [0.5, 0.6) is 0 Å². The van der Waals surface area contributed by atoms with Gasteiger partial charge in [0.2, 0.25) is 0 Å². The minimum absolute atomic E-state index is 0. The van der Waals surface area contributed by atoms with Crippen molar-refractivity contribution in [1.82, 2.24) is 15.5 Å². The van der Waals surface area contributed by atoms with Gasteiger partial charge in [-0.05, 0) is 44.9 Å². The van der Waals surface area contributed by atoms with Crippen LogP contribution in [0.1, 0.15) is 38.9 Å². The zero-order valence-corrected chi connectivity index (χ0v) is 20.8. The van der Waals surface area contributed by atoms with E-state index in [1.165, 1.54) is 0 Å². The summed E-state index contributed by atoms with van der Waals surface area (Å²) in [6.45, 7) is 7.59. The van der Waals surface area contributed by atoms with E-state index in [0.717, 1.165) is 24.5 Å². The number of nitrogens with zero attached hydrogens (tertiary/aromatic N) is 2. The Morgan fingerprint density at radius 1 is 1.41 bits per heavy atom. The third kappa shape index (κ3) is 8.55. The summed E-state index contributed by atoms with van der Waals surface area (Å²) in [6.07, 6.45) is 0.304. The Bertz CT molecular complexity index is 697. The highest BCUT2D eigenvalue weighted by molar-refractivity contribution is 14.0. The molecule has 1 saturated heterocycles. The fraction of sp³-hybridized carbons (Fsp3) is 0.600. The Hall–Kier alpha value is -1.26. The molecule has 2 rings (SSSR count). The number of carbonyl (C=O) groups is 1. The monoisotopic (exact) mass is 538 g/mol. The van der Waals surface area contributed by atoms with E-state index in [1.807, 2.05) is 45.0 Å². The Balaban J connectivity index is 0.00000420. The first kappa shape index (κ1) is 25.8. The van der Waals surface area contributed by atoms with Crippen LogP contribution in [0.15, 0.2) is 29.3 Å². The van der Waals surface area contributed by atoms with Crippen LogP contribution in [0.2, 0.25) is 5.02 Å².